The number of hydrogen-bond acceptors (Lipinski definition) is 5. The van der Waals surface area contributed by atoms with Crippen LogP contribution in [0.3, 0.4) is 0 Å². The molecular formula is C25H31N3O4. The van der Waals surface area contributed by atoms with E-state index < -0.39 is 12.0 Å². The molecule has 1 fully saturated rings. The highest BCUT2D eigenvalue weighted by Gasteiger charge is 2.44. The monoisotopic (exact) mass is 437 g/mol. The number of pyridine rings is 1. The molecule has 1 aromatic carbocycles. The number of benzene rings is 1. The molecule has 0 bridgehead atoms. The Hall–Kier alpha value is -3.09. The number of amides is 2. The third kappa shape index (κ3) is 4.16. The van der Waals surface area contributed by atoms with Gasteiger partial charge in [-0.2, -0.15) is 0 Å². The van der Waals surface area contributed by atoms with Crippen molar-refractivity contribution in [2.75, 3.05) is 21.3 Å². The molecular weight excluding hydrogens is 406 g/mol. The minimum Gasteiger partial charge on any atom is -0.493 e. The Bertz CT molecular complexity index is 971. The van der Waals surface area contributed by atoms with Gasteiger partial charge in [0.25, 0.3) is 5.91 Å². The van der Waals surface area contributed by atoms with Gasteiger partial charge in [0, 0.05) is 31.0 Å². The largest absolute Gasteiger partial charge is 0.493 e. The molecule has 2 amide bonds. The predicted molar refractivity (Wildman–Crippen MR) is 121 cm³/mol. The molecule has 0 spiro atoms. The molecule has 7 heteroatoms. The molecule has 1 aromatic heterocycles. The van der Waals surface area contributed by atoms with Gasteiger partial charge in [0.05, 0.1) is 26.2 Å². The first-order valence-corrected chi connectivity index (χ1v) is 11.3. The van der Waals surface area contributed by atoms with Crippen molar-refractivity contribution in [1.82, 2.24) is 15.2 Å². The SMILES string of the molecule is COc1cc2c(cc1OC)[C@@H](C(=O)NC1CCCCCC1)[C@@H](c1cccnc1)N(C)C2=O. The van der Waals surface area contributed by atoms with Crippen molar-refractivity contribution in [2.45, 2.75) is 56.5 Å². The predicted octanol–water partition coefficient (Wildman–Crippen LogP) is 3.85. The number of aromatic nitrogens is 1. The standard InChI is InChI=1S/C25H31N3O4/c1-28-23(16-9-8-12-26-15-16)22(24(29)27-17-10-6-4-5-7-11-17)18-13-20(31-2)21(32-3)14-19(18)25(28)30/h8-9,12-15,17,22-23H,4-7,10-11H2,1-3H3,(H,27,29)/t22-,23-/m1/s1. The smallest absolute Gasteiger partial charge is 0.254 e. The number of likely N-dealkylation sites (N-methyl/N-ethyl adjacent to an activating group) is 1. The van der Waals surface area contributed by atoms with Gasteiger partial charge < -0.3 is 19.7 Å². The molecule has 7 nitrogen and oxygen atoms in total. The molecule has 2 aromatic rings. The lowest BCUT2D eigenvalue weighted by molar-refractivity contribution is -0.125. The van der Waals surface area contributed by atoms with Crippen LogP contribution >= 0.6 is 0 Å². The van der Waals surface area contributed by atoms with E-state index >= 15 is 0 Å². The van der Waals surface area contributed by atoms with Gasteiger partial charge in [-0.15, -0.1) is 0 Å². The van der Waals surface area contributed by atoms with Crippen LogP contribution in [0.2, 0.25) is 0 Å². The number of nitrogens with zero attached hydrogens (tertiary/aromatic N) is 2. The number of carbonyl (C=O) groups is 2. The molecule has 0 unspecified atom stereocenters. The van der Waals surface area contributed by atoms with E-state index in [9.17, 15) is 9.59 Å². The summed E-state index contributed by atoms with van der Waals surface area (Å²) in [4.78, 5) is 33.0. The molecule has 1 aliphatic carbocycles. The Labute approximate surface area is 189 Å². The summed E-state index contributed by atoms with van der Waals surface area (Å²) in [6, 6.07) is 6.90. The van der Waals surface area contributed by atoms with Crippen molar-refractivity contribution in [2.24, 2.45) is 0 Å². The highest BCUT2D eigenvalue weighted by molar-refractivity contribution is 6.02. The summed E-state index contributed by atoms with van der Waals surface area (Å²) in [6.07, 6.45) is 10.1. The molecule has 32 heavy (non-hydrogen) atoms. The Morgan fingerprint density at radius 1 is 1.09 bits per heavy atom. The highest BCUT2D eigenvalue weighted by Crippen LogP contribution is 2.45. The van der Waals surface area contributed by atoms with Crippen molar-refractivity contribution in [3.8, 4) is 11.5 Å². The quantitative estimate of drug-likeness (QED) is 0.719. The summed E-state index contributed by atoms with van der Waals surface area (Å²) in [7, 11) is 4.84. The Morgan fingerprint density at radius 2 is 1.78 bits per heavy atom. The number of ether oxygens (including phenoxy) is 2. The van der Waals surface area contributed by atoms with E-state index in [-0.39, 0.29) is 17.9 Å². The van der Waals surface area contributed by atoms with Crippen LogP contribution in [0.15, 0.2) is 36.7 Å². The summed E-state index contributed by atoms with van der Waals surface area (Å²) in [5.74, 6) is 0.156. The number of carbonyl (C=O) groups excluding carboxylic acids is 2. The number of rotatable bonds is 5. The maximum atomic E-state index is 13.8. The average molecular weight is 438 g/mol. The third-order valence-corrected chi connectivity index (χ3v) is 6.68. The fraction of sp³-hybridized carbons (Fsp3) is 0.480. The zero-order valence-corrected chi connectivity index (χ0v) is 19.0. The van der Waals surface area contributed by atoms with Crippen LogP contribution in [0.25, 0.3) is 0 Å². The summed E-state index contributed by atoms with van der Waals surface area (Å²) >= 11 is 0. The molecule has 0 radical (unpaired) electrons. The normalized spacial score (nSPS) is 21.5. The lowest BCUT2D eigenvalue weighted by Gasteiger charge is -2.40. The molecule has 1 aliphatic heterocycles. The van der Waals surface area contributed by atoms with Crippen molar-refractivity contribution in [1.29, 1.82) is 0 Å². The second-order valence-corrected chi connectivity index (χ2v) is 8.62. The van der Waals surface area contributed by atoms with Crippen LogP contribution in [0, 0.1) is 0 Å². The summed E-state index contributed by atoms with van der Waals surface area (Å²) in [5, 5.41) is 3.30. The lowest BCUT2D eigenvalue weighted by atomic mass is 9.79. The van der Waals surface area contributed by atoms with Crippen LogP contribution in [0.1, 0.15) is 72.0 Å². The Kier molecular flexibility index (Phi) is 6.63. The van der Waals surface area contributed by atoms with Crippen LogP contribution in [0.5, 0.6) is 11.5 Å². The van der Waals surface area contributed by atoms with E-state index in [1.807, 2.05) is 12.1 Å². The summed E-state index contributed by atoms with van der Waals surface area (Å²) < 4.78 is 10.9. The second kappa shape index (κ2) is 9.59. The van der Waals surface area contributed by atoms with Gasteiger partial charge in [0.2, 0.25) is 5.91 Å². The maximum absolute atomic E-state index is 13.8. The first-order chi connectivity index (χ1) is 15.5. The zero-order chi connectivity index (χ0) is 22.7. The zero-order valence-electron chi connectivity index (χ0n) is 19.0. The van der Waals surface area contributed by atoms with E-state index in [1.54, 1.807) is 43.6 Å². The molecule has 1 saturated carbocycles. The minimum atomic E-state index is -0.583. The average Bonchev–Trinajstić information content (AvgIpc) is 3.09. The Balaban J connectivity index is 1.80. The van der Waals surface area contributed by atoms with Gasteiger partial charge in [-0.1, -0.05) is 31.7 Å². The molecule has 2 heterocycles. The van der Waals surface area contributed by atoms with Crippen molar-refractivity contribution in [3.63, 3.8) is 0 Å². The number of nitrogens with one attached hydrogen (secondary N) is 1. The van der Waals surface area contributed by atoms with Gasteiger partial charge in [-0.05, 0) is 42.2 Å². The number of methoxy groups -OCH3 is 2. The minimum absolute atomic E-state index is 0.0708. The molecule has 1 N–H and O–H groups in total. The highest BCUT2D eigenvalue weighted by atomic mass is 16.5. The van der Waals surface area contributed by atoms with Crippen molar-refractivity contribution >= 4 is 11.8 Å². The van der Waals surface area contributed by atoms with E-state index in [1.165, 1.54) is 20.0 Å². The topological polar surface area (TPSA) is 80.8 Å². The van der Waals surface area contributed by atoms with E-state index in [0.29, 0.717) is 22.6 Å². The van der Waals surface area contributed by atoms with Crippen LogP contribution in [-0.2, 0) is 4.79 Å². The summed E-state index contributed by atoms with van der Waals surface area (Å²) in [5.41, 5.74) is 1.95. The fourth-order valence-electron chi connectivity index (χ4n) is 5.01. The molecule has 0 saturated heterocycles. The number of fused-ring (bicyclic) bond motifs is 1. The Morgan fingerprint density at radius 3 is 2.41 bits per heavy atom. The third-order valence-electron chi connectivity index (χ3n) is 6.68. The molecule has 170 valence electrons. The molecule has 4 rings (SSSR count). The fourth-order valence-corrected chi connectivity index (χ4v) is 5.01. The van der Waals surface area contributed by atoms with E-state index in [0.717, 1.165) is 31.2 Å². The van der Waals surface area contributed by atoms with Gasteiger partial charge >= 0.3 is 0 Å². The summed E-state index contributed by atoms with van der Waals surface area (Å²) in [6.45, 7) is 0. The van der Waals surface area contributed by atoms with E-state index in [2.05, 4.69) is 10.3 Å². The van der Waals surface area contributed by atoms with Gasteiger partial charge in [-0.25, -0.2) is 0 Å². The van der Waals surface area contributed by atoms with Gasteiger partial charge in [-0.3, -0.25) is 14.6 Å². The lowest BCUT2D eigenvalue weighted by Crippen LogP contribution is -2.47. The molecule has 2 aliphatic rings. The first kappa shape index (κ1) is 22.1. The van der Waals surface area contributed by atoms with Gasteiger partial charge in [0.1, 0.15) is 0 Å². The van der Waals surface area contributed by atoms with Crippen LogP contribution in [0.4, 0.5) is 0 Å². The van der Waals surface area contributed by atoms with Crippen molar-refractivity contribution in [3.05, 3.63) is 53.3 Å². The first-order valence-electron chi connectivity index (χ1n) is 11.3. The maximum Gasteiger partial charge on any atom is 0.254 e. The number of hydrogen-bond donors (Lipinski definition) is 1. The van der Waals surface area contributed by atoms with Crippen LogP contribution < -0.4 is 14.8 Å². The second-order valence-electron chi connectivity index (χ2n) is 8.62. The van der Waals surface area contributed by atoms with Crippen LogP contribution in [-0.4, -0.2) is 49.0 Å². The van der Waals surface area contributed by atoms with Crippen molar-refractivity contribution < 1.29 is 19.1 Å². The van der Waals surface area contributed by atoms with E-state index in [4.69, 9.17) is 9.47 Å². The van der Waals surface area contributed by atoms with Gasteiger partial charge in [0.15, 0.2) is 11.5 Å². The molecule has 2 atom stereocenters.